The molecule has 4 N–H and O–H groups in total. The number of carbonyl (C=O) groups is 3. The minimum absolute atomic E-state index is 0.168. The molecule has 1 unspecified atom stereocenters. The predicted molar refractivity (Wildman–Crippen MR) is 65.9 cm³/mol. The quantitative estimate of drug-likeness (QED) is 0.471. The van der Waals surface area contributed by atoms with Crippen molar-refractivity contribution in [1.29, 1.82) is 0 Å². The molecule has 0 heterocycles. The van der Waals surface area contributed by atoms with Crippen LogP contribution < -0.4 is 10.6 Å². The van der Waals surface area contributed by atoms with Gasteiger partial charge in [-0.3, -0.25) is 4.79 Å². The number of amides is 2. The molecule has 0 fully saturated rings. The molecule has 110 valence electrons. The van der Waals surface area contributed by atoms with Crippen molar-refractivity contribution in [3.8, 4) is 0 Å². The lowest BCUT2D eigenvalue weighted by Gasteiger charge is -2.16. The highest BCUT2D eigenvalue weighted by Gasteiger charge is 2.20. The average molecular weight is 276 g/mol. The molecule has 19 heavy (non-hydrogen) atoms. The molecule has 8 heteroatoms. The minimum atomic E-state index is -1.27. The van der Waals surface area contributed by atoms with E-state index in [0.717, 1.165) is 0 Å². The van der Waals surface area contributed by atoms with Crippen LogP contribution in [0.25, 0.3) is 0 Å². The Morgan fingerprint density at radius 1 is 1.26 bits per heavy atom. The topological polar surface area (TPSA) is 125 Å². The van der Waals surface area contributed by atoms with Gasteiger partial charge in [-0.05, 0) is 20.3 Å². The van der Waals surface area contributed by atoms with Crippen molar-refractivity contribution in [2.45, 2.75) is 38.8 Å². The average Bonchev–Trinajstić information content (AvgIpc) is 2.31. The second-order valence-corrected chi connectivity index (χ2v) is 3.94. The van der Waals surface area contributed by atoms with Crippen molar-refractivity contribution in [1.82, 2.24) is 10.6 Å². The molecule has 0 aliphatic carbocycles. The minimum Gasteiger partial charge on any atom is -0.481 e. The number of carboxylic acid groups (broad SMARTS) is 2. The first kappa shape index (κ1) is 17.2. The van der Waals surface area contributed by atoms with E-state index in [2.05, 4.69) is 10.6 Å². The smallest absolute Gasteiger partial charge is 0.326 e. The Morgan fingerprint density at radius 3 is 2.37 bits per heavy atom. The van der Waals surface area contributed by atoms with Crippen LogP contribution >= 0.6 is 0 Å². The zero-order chi connectivity index (χ0) is 14.8. The largest absolute Gasteiger partial charge is 0.481 e. The zero-order valence-corrected chi connectivity index (χ0v) is 11.0. The van der Waals surface area contributed by atoms with Crippen molar-refractivity contribution in [2.75, 3.05) is 13.2 Å². The van der Waals surface area contributed by atoms with Crippen LogP contribution in [-0.4, -0.2) is 53.5 Å². The Balaban J connectivity index is 4.10. The molecule has 0 saturated carbocycles. The van der Waals surface area contributed by atoms with Crippen molar-refractivity contribution in [2.24, 2.45) is 0 Å². The van der Waals surface area contributed by atoms with E-state index >= 15 is 0 Å². The highest BCUT2D eigenvalue weighted by Crippen LogP contribution is 1.98. The maximum atomic E-state index is 11.4. The molecule has 8 nitrogen and oxygen atoms in total. The maximum Gasteiger partial charge on any atom is 0.326 e. The number of nitrogens with one attached hydrogen (secondary N) is 2. The number of aliphatic carboxylic acids is 2. The summed E-state index contributed by atoms with van der Waals surface area (Å²) in [7, 11) is 0. The molecule has 0 aliphatic heterocycles. The SMILES string of the molecule is CCOC(C)CNC(=O)N[C@@H](CCC(=O)O)C(=O)O. The number of carboxylic acids is 2. The van der Waals surface area contributed by atoms with Crippen molar-refractivity contribution in [3.63, 3.8) is 0 Å². The summed E-state index contributed by atoms with van der Waals surface area (Å²) < 4.78 is 5.19. The molecular formula is C11H20N2O6. The Hall–Kier alpha value is -1.83. The summed E-state index contributed by atoms with van der Waals surface area (Å²) in [6, 6.07) is -1.89. The van der Waals surface area contributed by atoms with Crippen molar-refractivity contribution < 1.29 is 29.3 Å². The predicted octanol–water partition coefficient (Wildman–Crippen LogP) is 0.0286. The van der Waals surface area contributed by atoms with Gasteiger partial charge in [-0.1, -0.05) is 0 Å². The van der Waals surface area contributed by atoms with Crippen molar-refractivity contribution in [3.05, 3.63) is 0 Å². The molecule has 0 aromatic rings. The molecule has 0 rings (SSSR count). The van der Waals surface area contributed by atoms with Crippen LogP contribution in [0.5, 0.6) is 0 Å². The van der Waals surface area contributed by atoms with Gasteiger partial charge in [-0.2, -0.15) is 0 Å². The Bertz CT molecular complexity index is 320. The molecule has 0 aliphatic rings. The molecule has 0 saturated heterocycles. The Kier molecular flexibility index (Phi) is 8.27. The molecule has 0 radical (unpaired) electrons. The zero-order valence-electron chi connectivity index (χ0n) is 11.0. The summed E-state index contributed by atoms with van der Waals surface area (Å²) in [5.74, 6) is -2.38. The van der Waals surface area contributed by atoms with Gasteiger partial charge in [0, 0.05) is 19.6 Å². The number of rotatable bonds is 9. The molecule has 2 amide bonds. The number of hydrogen-bond donors (Lipinski definition) is 4. The lowest BCUT2D eigenvalue weighted by molar-refractivity contribution is -0.140. The van der Waals surface area contributed by atoms with Gasteiger partial charge < -0.3 is 25.6 Å². The second kappa shape index (κ2) is 9.15. The second-order valence-electron chi connectivity index (χ2n) is 3.94. The van der Waals surface area contributed by atoms with Crippen LogP contribution in [0.4, 0.5) is 4.79 Å². The van der Waals surface area contributed by atoms with E-state index in [4.69, 9.17) is 14.9 Å². The lowest BCUT2D eigenvalue weighted by atomic mass is 10.1. The molecule has 0 aromatic carbocycles. The monoisotopic (exact) mass is 276 g/mol. The first-order chi connectivity index (χ1) is 8.86. The van der Waals surface area contributed by atoms with Gasteiger partial charge in [0.1, 0.15) is 6.04 Å². The number of hydrogen-bond acceptors (Lipinski definition) is 4. The summed E-state index contributed by atoms with van der Waals surface area (Å²) in [5, 5.41) is 22.0. The number of carbonyl (C=O) groups excluding carboxylic acids is 1. The van der Waals surface area contributed by atoms with Gasteiger partial charge >= 0.3 is 18.0 Å². The molecule has 0 bridgehead atoms. The maximum absolute atomic E-state index is 11.4. The summed E-state index contributed by atoms with van der Waals surface area (Å²) in [5.41, 5.74) is 0. The van der Waals surface area contributed by atoms with Gasteiger partial charge in [0.2, 0.25) is 0 Å². The fourth-order valence-electron chi connectivity index (χ4n) is 1.31. The van der Waals surface area contributed by atoms with Crippen LogP contribution in [0.1, 0.15) is 26.7 Å². The van der Waals surface area contributed by atoms with E-state index in [0.29, 0.717) is 6.61 Å². The summed E-state index contributed by atoms with van der Waals surface area (Å²) >= 11 is 0. The normalized spacial score (nSPS) is 13.4. The third kappa shape index (κ3) is 8.83. The number of ether oxygens (including phenoxy) is 1. The van der Waals surface area contributed by atoms with Crippen LogP contribution in [-0.2, 0) is 14.3 Å². The molecular weight excluding hydrogens is 256 g/mol. The fraction of sp³-hybridized carbons (Fsp3) is 0.727. The van der Waals surface area contributed by atoms with E-state index in [-0.39, 0.29) is 25.5 Å². The van der Waals surface area contributed by atoms with E-state index in [1.807, 2.05) is 6.92 Å². The molecule has 0 spiro atoms. The van der Waals surface area contributed by atoms with Gasteiger partial charge in [-0.15, -0.1) is 0 Å². The van der Waals surface area contributed by atoms with E-state index < -0.39 is 24.0 Å². The first-order valence-electron chi connectivity index (χ1n) is 5.97. The first-order valence-corrected chi connectivity index (χ1v) is 5.97. The van der Waals surface area contributed by atoms with E-state index in [1.54, 1.807) is 6.92 Å². The molecule has 0 aromatic heterocycles. The van der Waals surface area contributed by atoms with E-state index in [1.165, 1.54) is 0 Å². The summed E-state index contributed by atoms with van der Waals surface area (Å²) in [6.07, 6.45) is -0.677. The van der Waals surface area contributed by atoms with Gasteiger partial charge in [0.25, 0.3) is 0 Å². The van der Waals surface area contributed by atoms with Crippen LogP contribution in [0.3, 0.4) is 0 Å². The Labute approximate surface area is 111 Å². The highest BCUT2D eigenvalue weighted by molar-refractivity contribution is 5.82. The fourth-order valence-corrected chi connectivity index (χ4v) is 1.31. The van der Waals surface area contributed by atoms with Crippen LogP contribution in [0.15, 0.2) is 0 Å². The van der Waals surface area contributed by atoms with Gasteiger partial charge in [0.05, 0.1) is 6.10 Å². The van der Waals surface area contributed by atoms with Crippen LogP contribution in [0.2, 0.25) is 0 Å². The van der Waals surface area contributed by atoms with Crippen LogP contribution in [0, 0.1) is 0 Å². The third-order valence-electron chi connectivity index (χ3n) is 2.25. The van der Waals surface area contributed by atoms with Gasteiger partial charge in [-0.25, -0.2) is 9.59 Å². The lowest BCUT2D eigenvalue weighted by Crippen LogP contribution is -2.47. The number of urea groups is 1. The van der Waals surface area contributed by atoms with E-state index in [9.17, 15) is 14.4 Å². The Morgan fingerprint density at radius 2 is 1.89 bits per heavy atom. The standard InChI is InChI=1S/C11H20N2O6/c1-3-19-7(2)6-12-11(18)13-8(10(16)17)4-5-9(14)15/h7-8H,3-6H2,1-2H3,(H,14,15)(H,16,17)(H2,12,13,18)/t7?,8-/m0/s1. The summed E-state index contributed by atoms with van der Waals surface area (Å²) in [4.78, 5) is 32.6. The van der Waals surface area contributed by atoms with Gasteiger partial charge in [0.15, 0.2) is 0 Å². The molecule has 2 atom stereocenters. The third-order valence-corrected chi connectivity index (χ3v) is 2.25. The highest BCUT2D eigenvalue weighted by atomic mass is 16.5. The summed E-state index contributed by atoms with van der Waals surface area (Å²) in [6.45, 7) is 4.34. The van der Waals surface area contributed by atoms with Crippen molar-refractivity contribution >= 4 is 18.0 Å².